The molecule has 3 aliphatic heterocycles. The number of ether oxygens (including phenoxy) is 1. The van der Waals surface area contributed by atoms with Crippen LogP contribution in [0.25, 0.3) is 11.4 Å². The van der Waals surface area contributed by atoms with Crippen LogP contribution in [-0.2, 0) is 4.74 Å². The summed E-state index contributed by atoms with van der Waals surface area (Å²) in [7, 11) is 0. The maximum Gasteiger partial charge on any atom is 0.314 e. The van der Waals surface area contributed by atoms with Gasteiger partial charge in [0.15, 0.2) is 0 Å². The first-order chi connectivity index (χ1) is 15.1. The van der Waals surface area contributed by atoms with Crippen LogP contribution >= 0.6 is 0 Å². The minimum Gasteiger partial charge on any atom is -0.351 e. The lowest BCUT2D eigenvalue weighted by Gasteiger charge is -2.31. The van der Waals surface area contributed by atoms with E-state index in [9.17, 15) is 9.18 Å². The highest BCUT2D eigenvalue weighted by Crippen LogP contribution is 2.36. The lowest BCUT2D eigenvalue weighted by molar-refractivity contribution is 0.0536. The van der Waals surface area contributed by atoms with Gasteiger partial charge in [-0.3, -0.25) is 0 Å². The maximum atomic E-state index is 13.4. The number of halogens is 1. The SMILES string of the molecule is NC(=O)N1CCC(Nc2nccc(C3=C(c4ccc(F)cc4)NC4OCCN34)n2)CC1. The number of nitrogens with one attached hydrogen (secondary N) is 2. The molecule has 5 rings (SSSR count). The topological polar surface area (TPSA) is 109 Å². The Kier molecular flexibility index (Phi) is 5.06. The number of piperidine rings is 1. The van der Waals surface area contributed by atoms with Crippen molar-refractivity contribution in [1.29, 1.82) is 0 Å². The number of carbonyl (C=O) groups excluding carboxylic acids is 1. The number of anilines is 1. The van der Waals surface area contributed by atoms with E-state index in [1.54, 1.807) is 23.2 Å². The minimum atomic E-state index is -0.381. The van der Waals surface area contributed by atoms with E-state index in [2.05, 4.69) is 20.5 Å². The molecule has 31 heavy (non-hydrogen) atoms. The fourth-order valence-corrected chi connectivity index (χ4v) is 4.25. The predicted octanol–water partition coefficient (Wildman–Crippen LogP) is 1.62. The van der Waals surface area contributed by atoms with Gasteiger partial charge < -0.3 is 30.9 Å². The summed E-state index contributed by atoms with van der Waals surface area (Å²) >= 11 is 0. The molecule has 3 aliphatic rings. The highest BCUT2D eigenvalue weighted by molar-refractivity contribution is 5.90. The molecule has 1 aromatic heterocycles. The van der Waals surface area contributed by atoms with Gasteiger partial charge in [-0.05, 0) is 43.2 Å². The summed E-state index contributed by atoms with van der Waals surface area (Å²) in [5.74, 6) is 0.251. The number of benzene rings is 1. The number of rotatable bonds is 4. The average molecular weight is 425 g/mol. The van der Waals surface area contributed by atoms with E-state index in [-0.39, 0.29) is 24.2 Å². The third-order valence-corrected chi connectivity index (χ3v) is 5.85. The van der Waals surface area contributed by atoms with E-state index in [4.69, 9.17) is 15.5 Å². The van der Waals surface area contributed by atoms with Crippen molar-refractivity contribution in [1.82, 2.24) is 25.1 Å². The summed E-state index contributed by atoms with van der Waals surface area (Å²) in [6.07, 6.45) is 3.02. The summed E-state index contributed by atoms with van der Waals surface area (Å²) in [6.45, 7) is 2.58. The van der Waals surface area contributed by atoms with Crippen LogP contribution in [0.4, 0.5) is 15.1 Å². The van der Waals surface area contributed by atoms with Crippen molar-refractivity contribution in [2.24, 2.45) is 5.73 Å². The molecule has 162 valence electrons. The molecule has 0 saturated carbocycles. The van der Waals surface area contributed by atoms with Gasteiger partial charge in [-0.1, -0.05) is 0 Å². The second-order valence-electron chi connectivity index (χ2n) is 7.80. The lowest BCUT2D eigenvalue weighted by Crippen LogP contribution is -2.44. The van der Waals surface area contributed by atoms with Crippen LogP contribution in [-0.4, -0.2) is 64.4 Å². The normalized spacial score (nSPS) is 21.3. The first-order valence-electron chi connectivity index (χ1n) is 10.4. The summed E-state index contributed by atoms with van der Waals surface area (Å²) in [6, 6.07) is 8.02. The van der Waals surface area contributed by atoms with Crippen LogP contribution < -0.4 is 16.4 Å². The van der Waals surface area contributed by atoms with Gasteiger partial charge >= 0.3 is 6.03 Å². The Hall–Kier alpha value is -3.40. The number of carbonyl (C=O) groups is 1. The van der Waals surface area contributed by atoms with E-state index in [0.29, 0.717) is 25.6 Å². The molecule has 9 nitrogen and oxygen atoms in total. The molecule has 4 N–H and O–H groups in total. The number of aromatic nitrogens is 2. The van der Waals surface area contributed by atoms with Crippen LogP contribution in [0, 0.1) is 5.82 Å². The van der Waals surface area contributed by atoms with Crippen LogP contribution in [0.2, 0.25) is 0 Å². The molecule has 0 spiro atoms. The Labute approximate surface area is 179 Å². The van der Waals surface area contributed by atoms with Crippen LogP contribution in [0.15, 0.2) is 36.5 Å². The zero-order valence-corrected chi connectivity index (χ0v) is 16.9. The summed E-state index contributed by atoms with van der Waals surface area (Å²) in [5.41, 5.74) is 8.74. The van der Waals surface area contributed by atoms with Gasteiger partial charge in [-0.2, -0.15) is 0 Å². The van der Waals surface area contributed by atoms with Gasteiger partial charge in [-0.15, -0.1) is 0 Å². The van der Waals surface area contributed by atoms with Crippen molar-refractivity contribution in [3.05, 3.63) is 53.6 Å². The Morgan fingerprint density at radius 1 is 1.19 bits per heavy atom. The third-order valence-electron chi connectivity index (χ3n) is 5.85. The molecule has 2 amide bonds. The van der Waals surface area contributed by atoms with Crippen molar-refractivity contribution < 1.29 is 13.9 Å². The van der Waals surface area contributed by atoms with E-state index < -0.39 is 0 Å². The van der Waals surface area contributed by atoms with Gasteiger partial charge in [0.1, 0.15) is 5.82 Å². The lowest BCUT2D eigenvalue weighted by atomic mass is 10.1. The predicted molar refractivity (Wildman–Crippen MR) is 113 cm³/mol. The second-order valence-corrected chi connectivity index (χ2v) is 7.80. The molecule has 1 aromatic carbocycles. The molecule has 0 aliphatic carbocycles. The van der Waals surface area contributed by atoms with E-state index in [1.165, 1.54) is 12.1 Å². The van der Waals surface area contributed by atoms with Gasteiger partial charge in [0.25, 0.3) is 0 Å². The molecule has 0 radical (unpaired) electrons. The van der Waals surface area contributed by atoms with Crippen LogP contribution in [0.5, 0.6) is 0 Å². The van der Waals surface area contributed by atoms with Crippen molar-refractivity contribution in [2.45, 2.75) is 25.2 Å². The van der Waals surface area contributed by atoms with Crippen molar-refractivity contribution in [2.75, 3.05) is 31.6 Å². The molecular weight excluding hydrogens is 401 g/mol. The number of hydrogen-bond acceptors (Lipinski definition) is 7. The maximum absolute atomic E-state index is 13.4. The first kappa shape index (κ1) is 19.6. The quantitative estimate of drug-likeness (QED) is 0.683. The van der Waals surface area contributed by atoms with E-state index in [1.807, 2.05) is 6.07 Å². The number of nitrogens with zero attached hydrogens (tertiary/aromatic N) is 4. The third kappa shape index (κ3) is 3.86. The summed E-state index contributed by atoms with van der Waals surface area (Å²) in [4.78, 5) is 24.2. The Morgan fingerprint density at radius 3 is 2.71 bits per heavy atom. The second kappa shape index (κ2) is 8.03. The minimum absolute atomic E-state index is 0.168. The molecule has 2 saturated heterocycles. The average Bonchev–Trinajstić information content (AvgIpc) is 3.36. The number of hydrogen-bond donors (Lipinski definition) is 3. The van der Waals surface area contributed by atoms with Crippen molar-refractivity contribution >= 4 is 23.4 Å². The summed E-state index contributed by atoms with van der Waals surface area (Å²) in [5, 5.41) is 6.77. The molecular formula is C21H24FN7O2. The fraction of sp³-hybridized carbons (Fsp3) is 0.381. The number of amides is 2. The van der Waals surface area contributed by atoms with Crippen molar-refractivity contribution in [3.8, 4) is 0 Å². The van der Waals surface area contributed by atoms with E-state index >= 15 is 0 Å². The van der Waals surface area contributed by atoms with Crippen LogP contribution in [0.1, 0.15) is 24.1 Å². The zero-order valence-electron chi connectivity index (χ0n) is 16.9. The Morgan fingerprint density at radius 2 is 1.97 bits per heavy atom. The van der Waals surface area contributed by atoms with Gasteiger partial charge in [-0.25, -0.2) is 19.2 Å². The fourth-order valence-electron chi connectivity index (χ4n) is 4.25. The largest absolute Gasteiger partial charge is 0.351 e. The Balaban J connectivity index is 1.41. The van der Waals surface area contributed by atoms with E-state index in [0.717, 1.165) is 42.0 Å². The number of primary amides is 1. The summed E-state index contributed by atoms with van der Waals surface area (Å²) < 4.78 is 19.2. The number of urea groups is 1. The van der Waals surface area contributed by atoms with Gasteiger partial charge in [0.2, 0.25) is 12.3 Å². The molecule has 2 aromatic rings. The molecule has 1 unspecified atom stereocenters. The molecule has 4 heterocycles. The molecule has 1 atom stereocenters. The number of likely N-dealkylation sites (tertiary alicyclic amines) is 1. The van der Waals surface area contributed by atoms with Crippen molar-refractivity contribution in [3.63, 3.8) is 0 Å². The highest BCUT2D eigenvalue weighted by Gasteiger charge is 2.37. The molecule has 2 fully saturated rings. The highest BCUT2D eigenvalue weighted by atomic mass is 19.1. The van der Waals surface area contributed by atoms with Gasteiger partial charge in [0.05, 0.1) is 23.7 Å². The number of nitrogens with two attached hydrogens (primary N) is 1. The Bertz CT molecular complexity index is 1010. The van der Waals surface area contributed by atoms with Crippen LogP contribution in [0.3, 0.4) is 0 Å². The standard InChI is InChI=1S/C21H24FN7O2/c22-14-3-1-13(2-4-14)17-18(29-11-12-31-21(29)27-17)16-5-8-24-20(26-16)25-15-6-9-28(10-7-15)19(23)30/h1-5,8,15,21,27H,6-7,9-12H2,(H2,23,30)(H,24,25,26). The van der Waals surface area contributed by atoms with Gasteiger partial charge in [0, 0.05) is 37.4 Å². The molecule has 10 heteroatoms. The zero-order chi connectivity index (χ0) is 21.4. The monoisotopic (exact) mass is 425 g/mol. The first-order valence-corrected chi connectivity index (χ1v) is 10.4. The smallest absolute Gasteiger partial charge is 0.314 e. The molecule has 0 bridgehead atoms. The number of fused-ring (bicyclic) bond motifs is 1.